The lowest BCUT2D eigenvalue weighted by atomic mass is 10.0. The number of carbonyl (C=O) groups excluding carboxylic acids is 1. The van der Waals surface area contributed by atoms with Crippen LogP contribution in [0.2, 0.25) is 0 Å². The minimum absolute atomic E-state index is 0.0601. The normalized spacial score (nSPS) is 15.7. The monoisotopic (exact) mass is 547 g/mol. The highest BCUT2D eigenvalue weighted by molar-refractivity contribution is 6.52. The number of hydrogen-bond donors (Lipinski definition) is 1. The van der Waals surface area contributed by atoms with Crippen LogP contribution >= 0.6 is 0 Å². The zero-order chi connectivity index (χ0) is 28.6. The number of fused-ring (bicyclic) bond motifs is 1. The number of rotatable bonds is 12. The molecule has 5 rings (SSSR count). The highest BCUT2D eigenvalue weighted by Crippen LogP contribution is 2.35. The van der Waals surface area contributed by atoms with Crippen molar-refractivity contribution in [1.82, 2.24) is 0 Å². The molecular formula is C35H37N3O3. The van der Waals surface area contributed by atoms with Crippen molar-refractivity contribution < 1.29 is 14.7 Å². The predicted octanol–water partition coefficient (Wildman–Crippen LogP) is 7.71. The van der Waals surface area contributed by atoms with Gasteiger partial charge < -0.3 is 10.0 Å². The molecule has 1 amide bonds. The molecule has 2 aliphatic heterocycles. The third kappa shape index (κ3) is 6.65. The minimum Gasteiger partial charge on any atom is -0.476 e. The Kier molecular flexibility index (Phi) is 9.09. The maximum absolute atomic E-state index is 12.9. The predicted molar refractivity (Wildman–Crippen MR) is 167 cm³/mol. The van der Waals surface area contributed by atoms with Crippen LogP contribution in [0, 0.1) is 0 Å². The van der Waals surface area contributed by atoms with Crippen molar-refractivity contribution in [3.8, 4) is 0 Å². The molecule has 0 unspecified atom stereocenters. The zero-order valence-electron chi connectivity index (χ0n) is 23.6. The Bertz CT molecular complexity index is 1470. The molecule has 2 heterocycles. The molecular weight excluding hydrogens is 510 g/mol. The van der Waals surface area contributed by atoms with Crippen LogP contribution in [0.4, 0.5) is 17.1 Å². The molecule has 2 aliphatic rings. The van der Waals surface area contributed by atoms with E-state index in [9.17, 15) is 14.7 Å². The van der Waals surface area contributed by atoms with Gasteiger partial charge in [-0.05, 0) is 78.4 Å². The third-order valence-corrected chi connectivity index (χ3v) is 7.70. The van der Waals surface area contributed by atoms with Gasteiger partial charge in [0.05, 0.1) is 11.3 Å². The Hall–Kier alpha value is -4.45. The molecule has 3 aromatic rings. The average molecular weight is 548 g/mol. The van der Waals surface area contributed by atoms with Crippen LogP contribution in [-0.4, -0.2) is 29.2 Å². The first kappa shape index (κ1) is 28.1. The lowest BCUT2D eigenvalue weighted by Crippen LogP contribution is -2.22. The first-order valence-electron chi connectivity index (χ1n) is 14.6. The Morgan fingerprint density at radius 1 is 0.927 bits per heavy atom. The fourth-order valence-corrected chi connectivity index (χ4v) is 5.47. The molecule has 0 aliphatic carbocycles. The van der Waals surface area contributed by atoms with Crippen LogP contribution in [-0.2, 0) is 22.4 Å². The number of anilines is 3. The molecule has 3 aromatic carbocycles. The summed E-state index contributed by atoms with van der Waals surface area (Å²) in [5.41, 5.74) is 6.43. The van der Waals surface area contributed by atoms with E-state index in [1.54, 1.807) is 30.3 Å². The molecule has 41 heavy (non-hydrogen) atoms. The number of aryl methyl sites for hydroxylation is 1. The van der Waals surface area contributed by atoms with Crippen molar-refractivity contribution >= 4 is 40.7 Å². The van der Waals surface area contributed by atoms with Gasteiger partial charge in [-0.25, -0.2) is 4.79 Å². The van der Waals surface area contributed by atoms with E-state index in [0.717, 1.165) is 30.0 Å². The highest BCUT2D eigenvalue weighted by atomic mass is 16.4. The molecule has 0 bridgehead atoms. The molecule has 210 valence electrons. The van der Waals surface area contributed by atoms with Crippen molar-refractivity contribution in [2.75, 3.05) is 16.5 Å². The molecule has 0 radical (unpaired) electrons. The number of para-hydroxylation sites is 1. The second-order valence-corrected chi connectivity index (χ2v) is 10.6. The Balaban J connectivity index is 1.23. The van der Waals surface area contributed by atoms with Gasteiger partial charge >= 0.3 is 5.97 Å². The van der Waals surface area contributed by atoms with Crippen LogP contribution in [0.25, 0.3) is 6.08 Å². The number of carboxylic acids is 1. The first-order valence-corrected chi connectivity index (χ1v) is 14.6. The standard InChI is InChI=1S/C35H37N3O3/c1-2-3-4-5-6-8-12-26-17-20-29(21-18-26)37-24-23-28-25-27(19-22-32(28)37)13-11-16-31-33(35(40)41)36-38(34(31)39)30-14-9-7-10-15-30/h7,9-11,13-22,25H,2-6,8,12,23-24H2,1H3,(H,40,41)/b13-11+,31-16-. The van der Waals surface area contributed by atoms with Gasteiger partial charge in [-0.2, -0.15) is 10.1 Å². The number of carboxylic acid groups (broad SMARTS) is 1. The maximum Gasteiger partial charge on any atom is 0.357 e. The van der Waals surface area contributed by atoms with E-state index in [4.69, 9.17) is 0 Å². The minimum atomic E-state index is -1.23. The highest BCUT2D eigenvalue weighted by Gasteiger charge is 2.34. The second kappa shape index (κ2) is 13.3. The lowest BCUT2D eigenvalue weighted by molar-refractivity contribution is -0.129. The van der Waals surface area contributed by atoms with Crippen LogP contribution in [0.15, 0.2) is 95.6 Å². The largest absolute Gasteiger partial charge is 0.476 e. The van der Waals surface area contributed by atoms with Gasteiger partial charge in [0.2, 0.25) is 0 Å². The molecule has 0 saturated carbocycles. The first-order chi connectivity index (χ1) is 20.0. The number of unbranched alkanes of at least 4 members (excludes halogenated alkanes) is 5. The van der Waals surface area contributed by atoms with E-state index in [1.165, 1.54) is 67.1 Å². The Morgan fingerprint density at radius 3 is 2.44 bits per heavy atom. The summed E-state index contributed by atoms with van der Waals surface area (Å²) in [6.45, 7) is 3.19. The van der Waals surface area contributed by atoms with Gasteiger partial charge in [0, 0.05) is 17.9 Å². The topological polar surface area (TPSA) is 73.2 Å². The fourth-order valence-electron chi connectivity index (χ4n) is 5.47. The smallest absolute Gasteiger partial charge is 0.357 e. The summed E-state index contributed by atoms with van der Waals surface area (Å²) in [4.78, 5) is 27.1. The molecule has 6 nitrogen and oxygen atoms in total. The number of aliphatic carboxylic acids is 1. The molecule has 0 saturated heterocycles. The Morgan fingerprint density at radius 2 is 1.68 bits per heavy atom. The van der Waals surface area contributed by atoms with E-state index in [2.05, 4.69) is 59.4 Å². The SMILES string of the molecule is CCCCCCCCc1ccc(N2CCc3cc(/C=C/C=C4\C(=O)N(c5ccccc5)N=C4C(=O)O)ccc32)cc1. The number of amides is 1. The van der Waals surface area contributed by atoms with Crippen LogP contribution in [0.1, 0.15) is 62.1 Å². The summed E-state index contributed by atoms with van der Waals surface area (Å²) in [6, 6.07) is 24.2. The summed E-state index contributed by atoms with van der Waals surface area (Å²) in [5.74, 6) is -1.69. The van der Waals surface area contributed by atoms with Crippen molar-refractivity contribution in [2.45, 2.75) is 58.3 Å². The number of allylic oxidation sites excluding steroid dienone is 2. The quantitative estimate of drug-likeness (QED) is 0.186. The van der Waals surface area contributed by atoms with Gasteiger partial charge in [0.1, 0.15) is 0 Å². The van der Waals surface area contributed by atoms with Gasteiger partial charge in [-0.1, -0.05) is 87.6 Å². The number of carbonyl (C=O) groups is 2. The summed E-state index contributed by atoms with van der Waals surface area (Å²) < 4.78 is 0. The van der Waals surface area contributed by atoms with Gasteiger partial charge in [-0.3, -0.25) is 4.79 Å². The fraction of sp³-hybridized carbons (Fsp3) is 0.286. The maximum atomic E-state index is 12.9. The number of nitrogens with zero attached hydrogens (tertiary/aromatic N) is 3. The van der Waals surface area contributed by atoms with Gasteiger partial charge in [0.15, 0.2) is 5.71 Å². The van der Waals surface area contributed by atoms with Crippen LogP contribution in [0.3, 0.4) is 0 Å². The van der Waals surface area contributed by atoms with Crippen molar-refractivity contribution in [3.05, 3.63) is 107 Å². The van der Waals surface area contributed by atoms with E-state index in [1.807, 2.05) is 12.1 Å². The summed E-state index contributed by atoms with van der Waals surface area (Å²) in [5, 5.41) is 14.8. The van der Waals surface area contributed by atoms with Crippen molar-refractivity contribution in [3.63, 3.8) is 0 Å². The third-order valence-electron chi connectivity index (χ3n) is 7.70. The zero-order valence-corrected chi connectivity index (χ0v) is 23.6. The number of benzene rings is 3. The van der Waals surface area contributed by atoms with Crippen LogP contribution in [0.5, 0.6) is 0 Å². The molecule has 6 heteroatoms. The summed E-state index contributed by atoms with van der Waals surface area (Å²) in [7, 11) is 0. The number of hydrazone groups is 1. The van der Waals surface area contributed by atoms with Gasteiger partial charge in [-0.15, -0.1) is 0 Å². The second-order valence-electron chi connectivity index (χ2n) is 10.6. The van der Waals surface area contributed by atoms with Crippen LogP contribution < -0.4 is 9.91 Å². The molecule has 1 N–H and O–H groups in total. The number of hydrogen-bond acceptors (Lipinski definition) is 4. The molecule has 0 spiro atoms. The van der Waals surface area contributed by atoms with E-state index in [0.29, 0.717) is 5.69 Å². The van der Waals surface area contributed by atoms with Crippen molar-refractivity contribution in [2.24, 2.45) is 5.10 Å². The molecule has 0 atom stereocenters. The van der Waals surface area contributed by atoms with E-state index in [-0.39, 0.29) is 11.3 Å². The van der Waals surface area contributed by atoms with Crippen molar-refractivity contribution in [1.29, 1.82) is 0 Å². The van der Waals surface area contributed by atoms with Gasteiger partial charge in [0.25, 0.3) is 5.91 Å². The molecule has 0 aromatic heterocycles. The average Bonchev–Trinajstić information content (AvgIpc) is 3.56. The van der Waals surface area contributed by atoms with E-state index >= 15 is 0 Å². The molecule has 0 fully saturated rings. The summed E-state index contributed by atoms with van der Waals surface area (Å²) in [6.07, 6.45) is 15.1. The Labute approximate surface area is 242 Å². The van der Waals surface area contributed by atoms with E-state index < -0.39 is 11.9 Å². The lowest BCUT2D eigenvalue weighted by Gasteiger charge is -2.20. The summed E-state index contributed by atoms with van der Waals surface area (Å²) >= 11 is 0.